The predicted octanol–water partition coefficient (Wildman–Crippen LogP) is 1.19. The highest BCUT2D eigenvalue weighted by molar-refractivity contribution is 5.80. The summed E-state index contributed by atoms with van der Waals surface area (Å²) < 4.78 is 0. The van der Waals surface area contributed by atoms with Crippen LogP contribution in [0.5, 0.6) is 0 Å². The number of primary amides is 1. The molecule has 0 bridgehead atoms. The Hall–Kier alpha value is -0.570. The normalized spacial score (nSPS) is 40.2. The van der Waals surface area contributed by atoms with Gasteiger partial charge in [-0.25, -0.2) is 0 Å². The summed E-state index contributed by atoms with van der Waals surface area (Å²) in [6, 6.07) is 0. The van der Waals surface area contributed by atoms with E-state index in [-0.39, 0.29) is 11.3 Å². The van der Waals surface area contributed by atoms with Gasteiger partial charge >= 0.3 is 0 Å². The van der Waals surface area contributed by atoms with Crippen LogP contribution in [0.3, 0.4) is 0 Å². The van der Waals surface area contributed by atoms with E-state index in [4.69, 9.17) is 5.73 Å². The SMILES string of the molecule is CCC1(O)CCC(C)(C(N)=O)CC1. The summed E-state index contributed by atoms with van der Waals surface area (Å²) in [7, 11) is 0. The largest absolute Gasteiger partial charge is 0.390 e. The van der Waals surface area contributed by atoms with Crippen LogP contribution >= 0.6 is 0 Å². The molecule has 1 rings (SSSR count). The number of aliphatic hydroxyl groups is 1. The highest BCUT2D eigenvalue weighted by Gasteiger charge is 2.41. The molecule has 0 aromatic rings. The second-order valence-corrected chi connectivity index (χ2v) is 4.50. The van der Waals surface area contributed by atoms with Gasteiger partial charge in [0.25, 0.3) is 0 Å². The van der Waals surface area contributed by atoms with E-state index in [9.17, 15) is 9.90 Å². The third kappa shape index (κ3) is 2.02. The zero-order chi connectivity index (χ0) is 10.1. The number of amides is 1. The van der Waals surface area contributed by atoms with E-state index in [0.717, 1.165) is 6.42 Å². The van der Waals surface area contributed by atoms with Crippen molar-refractivity contribution in [1.29, 1.82) is 0 Å². The molecule has 0 heterocycles. The van der Waals surface area contributed by atoms with Crippen molar-refractivity contribution in [3.8, 4) is 0 Å². The first-order valence-corrected chi connectivity index (χ1v) is 4.94. The van der Waals surface area contributed by atoms with E-state index in [2.05, 4.69) is 0 Å². The van der Waals surface area contributed by atoms with Crippen LogP contribution in [0.1, 0.15) is 46.0 Å². The van der Waals surface area contributed by atoms with E-state index < -0.39 is 5.60 Å². The zero-order valence-corrected chi connectivity index (χ0v) is 8.47. The van der Waals surface area contributed by atoms with Crippen LogP contribution in [-0.4, -0.2) is 16.6 Å². The smallest absolute Gasteiger partial charge is 0.223 e. The number of carbonyl (C=O) groups is 1. The summed E-state index contributed by atoms with van der Waals surface area (Å²) in [6.07, 6.45) is 3.59. The molecule has 0 aromatic carbocycles. The lowest BCUT2D eigenvalue weighted by atomic mass is 9.68. The lowest BCUT2D eigenvalue weighted by molar-refractivity contribution is -0.132. The number of hydrogen-bond acceptors (Lipinski definition) is 2. The minimum atomic E-state index is -0.547. The molecule has 0 saturated heterocycles. The summed E-state index contributed by atoms with van der Waals surface area (Å²) in [5.41, 5.74) is 4.38. The first-order chi connectivity index (χ1) is 5.92. The summed E-state index contributed by atoms with van der Waals surface area (Å²) in [5.74, 6) is -0.231. The van der Waals surface area contributed by atoms with Crippen molar-refractivity contribution in [2.75, 3.05) is 0 Å². The molecular formula is C10H19NO2. The van der Waals surface area contributed by atoms with E-state index in [0.29, 0.717) is 25.7 Å². The molecule has 0 spiro atoms. The molecular weight excluding hydrogens is 166 g/mol. The minimum Gasteiger partial charge on any atom is -0.390 e. The van der Waals surface area contributed by atoms with E-state index in [1.165, 1.54) is 0 Å². The Morgan fingerprint density at radius 3 is 2.15 bits per heavy atom. The van der Waals surface area contributed by atoms with Gasteiger partial charge in [-0.15, -0.1) is 0 Å². The fraction of sp³-hybridized carbons (Fsp3) is 0.900. The van der Waals surface area contributed by atoms with Gasteiger partial charge in [0.15, 0.2) is 0 Å². The molecule has 1 aliphatic rings. The maximum atomic E-state index is 11.1. The van der Waals surface area contributed by atoms with Crippen molar-refractivity contribution in [1.82, 2.24) is 0 Å². The van der Waals surface area contributed by atoms with Crippen molar-refractivity contribution < 1.29 is 9.90 Å². The standard InChI is InChI=1S/C10H19NO2/c1-3-10(13)6-4-9(2,5-7-10)8(11)12/h13H,3-7H2,1-2H3,(H2,11,12). The van der Waals surface area contributed by atoms with Crippen molar-refractivity contribution in [2.45, 2.75) is 51.6 Å². The van der Waals surface area contributed by atoms with Gasteiger partial charge in [-0.3, -0.25) is 4.79 Å². The number of nitrogens with two attached hydrogens (primary N) is 1. The average Bonchev–Trinajstić information content (AvgIpc) is 2.11. The fourth-order valence-electron chi connectivity index (χ4n) is 1.87. The molecule has 3 N–H and O–H groups in total. The van der Waals surface area contributed by atoms with Gasteiger partial charge in [-0.2, -0.15) is 0 Å². The molecule has 0 atom stereocenters. The van der Waals surface area contributed by atoms with Crippen molar-refractivity contribution >= 4 is 5.91 Å². The minimum absolute atomic E-state index is 0.231. The van der Waals surface area contributed by atoms with Gasteiger partial charge in [0.2, 0.25) is 5.91 Å². The van der Waals surface area contributed by atoms with Crippen LogP contribution in [-0.2, 0) is 4.79 Å². The van der Waals surface area contributed by atoms with Crippen LogP contribution < -0.4 is 5.73 Å². The maximum Gasteiger partial charge on any atom is 0.223 e. The molecule has 0 aromatic heterocycles. The van der Waals surface area contributed by atoms with Crippen LogP contribution in [0, 0.1) is 5.41 Å². The van der Waals surface area contributed by atoms with Crippen LogP contribution in [0.4, 0.5) is 0 Å². The lowest BCUT2D eigenvalue weighted by Gasteiger charge is -2.39. The highest BCUT2D eigenvalue weighted by Crippen LogP contribution is 2.41. The van der Waals surface area contributed by atoms with E-state index in [1.54, 1.807) is 0 Å². The van der Waals surface area contributed by atoms with Gasteiger partial charge in [-0.05, 0) is 32.1 Å². The van der Waals surface area contributed by atoms with E-state index in [1.807, 2.05) is 13.8 Å². The van der Waals surface area contributed by atoms with Crippen LogP contribution in [0.15, 0.2) is 0 Å². The Bertz CT molecular complexity index is 205. The monoisotopic (exact) mass is 185 g/mol. The zero-order valence-electron chi connectivity index (χ0n) is 8.47. The molecule has 0 aliphatic heterocycles. The number of rotatable bonds is 2. The Kier molecular flexibility index (Phi) is 2.66. The molecule has 1 amide bonds. The summed E-state index contributed by atoms with van der Waals surface area (Å²) in [6.45, 7) is 3.87. The fourth-order valence-corrected chi connectivity index (χ4v) is 1.87. The molecule has 1 fully saturated rings. The number of hydrogen-bond donors (Lipinski definition) is 2. The first-order valence-electron chi connectivity index (χ1n) is 4.94. The molecule has 0 unspecified atom stereocenters. The first kappa shape index (κ1) is 10.5. The van der Waals surface area contributed by atoms with Gasteiger partial charge in [0.05, 0.1) is 5.60 Å². The van der Waals surface area contributed by atoms with E-state index >= 15 is 0 Å². The van der Waals surface area contributed by atoms with Gasteiger partial charge in [0, 0.05) is 5.41 Å². The molecule has 76 valence electrons. The molecule has 1 aliphatic carbocycles. The molecule has 3 nitrogen and oxygen atoms in total. The lowest BCUT2D eigenvalue weighted by Crippen LogP contribution is -2.43. The Balaban J connectivity index is 2.61. The molecule has 0 radical (unpaired) electrons. The summed E-state index contributed by atoms with van der Waals surface area (Å²) in [5, 5.41) is 9.94. The van der Waals surface area contributed by atoms with Crippen molar-refractivity contribution in [3.63, 3.8) is 0 Å². The Morgan fingerprint density at radius 1 is 1.38 bits per heavy atom. The highest BCUT2D eigenvalue weighted by atomic mass is 16.3. The summed E-state index contributed by atoms with van der Waals surface area (Å²) >= 11 is 0. The van der Waals surface area contributed by atoms with Gasteiger partial charge in [-0.1, -0.05) is 13.8 Å². The van der Waals surface area contributed by atoms with Crippen molar-refractivity contribution in [2.24, 2.45) is 11.1 Å². The van der Waals surface area contributed by atoms with Crippen molar-refractivity contribution in [3.05, 3.63) is 0 Å². The molecule has 1 saturated carbocycles. The summed E-state index contributed by atoms with van der Waals surface area (Å²) in [4.78, 5) is 11.1. The van der Waals surface area contributed by atoms with Crippen LogP contribution in [0.2, 0.25) is 0 Å². The maximum absolute atomic E-state index is 11.1. The number of carbonyl (C=O) groups excluding carboxylic acids is 1. The average molecular weight is 185 g/mol. The molecule has 13 heavy (non-hydrogen) atoms. The predicted molar refractivity (Wildman–Crippen MR) is 51.0 cm³/mol. The van der Waals surface area contributed by atoms with Gasteiger partial charge in [0.1, 0.15) is 0 Å². The Morgan fingerprint density at radius 2 is 1.85 bits per heavy atom. The second-order valence-electron chi connectivity index (χ2n) is 4.50. The Labute approximate surface area is 79.3 Å². The van der Waals surface area contributed by atoms with Gasteiger partial charge < -0.3 is 10.8 Å². The third-order valence-corrected chi connectivity index (χ3v) is 3.54. The topological polar surface area (TPSA) is 63.3 Å². The second kappa shape index (κ2) is 3.29. The molecule has 3 heteroatoms. The third-order valence-electron chi connectivity index (χ3n) is 3.54. The van der Waals surface area contributed by atoms with Crippen LogP contribution in [0.25, 0.3) is 0 Å². The quantitative estimate of drug-likeness (QED) is 0.678.